The van der Waals surface area contributed by atoms with Gasteiger partial charge in [0, 0.05) is 22.1 Å². The molecule has 0 bridgehead atoms. The van der Waals surface area contributed by atoms with Crippen molar-refractivity contribution in [2.45, 2.75) is 19.9 Å². The molecule has 0 aliphatic heterocycles. The number of rotatable bonds is 5. The van der Waals surface area contributed by atoms with Gasteiger partial charge >= 0.3 is 11.4 Å². The summed E-state index contributed by atoms with van der Waals surface area (Å²) in [7, 11) is 0. The van der Waals surface area contributed by atoms with E-state index in [1.54, 1.807) is 24.3 Å². The highest BCUT2D eigenvalue weighted by Gasteiger charge is 2.13. The lowest BCUT2D eigenvalue weighted by atomic mass is 10.2. The molecule has 0 saturated carbocycles. The van der Waals surface area contributed by atoms with Gasteiger partial charge < -0.3 is 9.15 Å². The fourth-order valence-corrected chi connectivity index (χ4v) is 3.76. The Hall–Kier alpha value is -1.76. The van der Waals surface area contributed by atoms with Crippen molar-refractivity contribution in [3.05, 3.63) is 71.4 Å². The van der Waals surface area contributed by atoms with E-state index in [4.69, 9.17) is 32.4 Å². The average Bonchev–Trinajstić information content (AvgIpc) is 2.57. The van der Waals surface area contributed by atoms with E-state index >= 15 is 0 Å². The van der Waals surface area contributed by atoms with Gasteiger partial charge in [-0.1, -0.05) is 23.2 Å². The third-order valence-electron chi connectivity index (χ3n) is 3.77. The fourth-order valence-electron chi connectivity index (χ4n) is 2.64. The Bertz CT molecular complexity index is 1090. The highest BCUT2D eigenvalue weighted by molar-refractivity contribution is 9.10. The number of hydrogen-bond acceptors (Lipinski definition) is 4. The summed E-state index contributed by atoms with van der Waals surface area (Å²) in [5.74, 6) is -0.222. The molecule has 0 saturated heterocycles. The molecule has 2 aromatic carbocycles. The molecule has 0 unspecified atom stereocenters. The van der Waals surface area contributed by atoms with Gasteiger partial charge in [0.25, 0.3) is 0 Å². The molecule has 136 valence electrons. The summed E-state index contributed by atoms with van der Waals surface area (Å²) in [5.41, 5.74) is 0.756. The Morgan fingerprint density at radius 1 is 1.19 bits per heavy atom. The molecule has 3 rings (SSSR count). The first-order chi connectivity index (χ1) is 12.4. The molecule has 0 N–H and O–H groups in total. The monoisotopic (exact) mass is 457 g/mol. The number of nitrogens with zero attached hydrogens (tertiary/aromatic N) is 1. The van der Waals surface area contributed by atoms with Gasteiger partial charge in [0.05, 0.1) is 22.5 Å². The van der Waals surface area contributed by atoms with Crippen molar-refractivity contribution in [2.75, 3.05) is 6.61 Å². The third-order valence-corrected chi connectivity index (χ3v) is 4.93. The summed E-state index contributed by atoms with van der Waals surface area (Å²) in [6, 6.07) is 8.51. The van der Waals surface area contributed by atoms with Crippen molar-refractivity contribution in [3.63, 3.8) is 0 Å². The van der Waals surface area contributed by atoms with Gasteiger partial charge in [0.15, 0.2) is 0 Å². The second-order valence-electron chi connectivity index (χ2n) is 5.73. The first-order valence-corrected chi connectivity index (χ1v) is 9.33. The molecule has 5 nitrogen and oxygen atoms in total. The number of halogens is 3. The largest absolute Gasteiger partial charge is 0.492 e. The second kappa shape index (κ2) is 7.86. The predicted molar refractivity (Wildman–Crippen MR) is 106 cm³/mol. The zero-order valence-electron chi connectivity index (χ0n) is 13.7. The average molecular weight is 459 g/mol. The maximum atomic E-state index is 12.2. The minimum atomic E-state index is -0.701. The fraction of sp³-hybridized carbons (Fsp3) is 0.222. The Labute approximate surface area is 167 Å². The first-order valence-electron chi connectivity index (χ1n) is 7.78. The molecule has 1 aromatic heterocycles. The molecule has 0 aliphatic carbocycles. The lowest BCUT2D eigenvalue weighted by Gasteiger charge is -2.12. The number of aromatic nitrogens is 1. The Morgan fingerprint density at radius 3 is 2.73 bits per heavy atom. The van der Waals surface area contributed by atoms with E-state index in [0.29, 0.717) is 50.7 Å². The van der Waals surface area contributed by atoms with Crippen LogP contribution in [0.3, 0.4) is 0 Å². The van der Waals surface area contributed by atoms with Gasteiger partial charge in [-0.05, 0) is 59.1 Å². The highest BCUT2D eigenvalue weighted by atomic mass is 79.9. The van der Waals surface area contributed by atoms with Crippen LogP contribution in [0, 0.1) is 6.92 Å². The van der Waals surface area contributed by atoms with Crippen LogP contribution in [0.1, 0.15) is 12.0 Å². The molecule has 26 heavy (non-hydrogen) atoms. The van der Waals surface area contributed by atoms with Gasteiger partial charge in [-0.2, -0.15) is 0 Å². The number of fused-ring (bicyclic) bond motifs is 1. The topological polar surface area (TPSA) is 61.4 Å². The van der Waals surface area contributed by atoms with Crippen LogP contribution in [-0.4, -0.2) is 11.2 Å². The van der Waals surface area contributed by atoms with Gasteiger partial charge in [0.2, 0.25) is 0 Å². The summed E-state index contributed by atoms with van der Waals surface area (Å²) in [6.07, 6.45) is 0.506. The molecular formula is C18H14BrCl2NO4. The summed E-state index contributed by atoms with van der Waals surface area (Å²) in [4.78, 5) is 24.1. The van der Waals surface area contributed by atoms with Crippen LogP contribution in [-0.2, 0) is 6.54 Å². The van der Waals surface area contributed by atoms with E-state index in [0.717, 1.165) is 5.56 Å². The lowest BCUT2D eigenvalue weighted by Crippen LogP contribution is -2.26. The smallest absolute Gasteiger partial charge is 0.422 e. The van der Waals surface area contributed by atoms with Gasteiger partial charge in [-0.3, -0.25) is 4.57 Å². The van der Waals surface area contributed by atoms with Crippen LogP contribution in [0.5, 0.6) is 5.75 Å². The number of ether oxygens (including phenoxy) is 1. The molecule has 0 aliphatic rings. The number of hydrogen-bond donors (Lipinski definition) is 0. The number of benzene rings is 2. The molecule has 3 aromatic rings. The van der Waals surface area contributed by atoms with Crippen LogP contribution in [0.15, 0.2) is 48.8 Å². The van der Waals surface area contributed by atoms with E-state index in [1.165, 1.54) is 4.57 Å². The molecule has 8 heteroatoms. The van der Waals surface area contributed by atoms with Crippen molar-refractivity contribution in [1.29, 1.82) is 0 Å². The normalized spacial score (nSPS) is 11.1. The standard InChI is InChI=1S/C18H14BrCl2NO4/c1-10-7-12-16(13(19)8-10)22(18(24)26-17(12)23)5-2-6-25-15-9-11(20)3-4-14(15)21/h3-4,7-9H,2,5-6H2,1H3. The zero-order valence-corrected chi connectivity index (χ0v) is 16.8. The van der Waals surface area contributed by atoms with E-state index < -0.39 is 11.4 Å². The van der Waals surface area contributed by atoms with Crippen molar-refractivity contribution in [3.8, 4) is 5.75 Å². The molecular weight excluding hydrogens is 445 g/mol. The summed E-state index contributed by atoms with van der Waals surface area (Å²) in [5, 5.41) is 1.34. The summed E-state index contributed by atoms with van der Waals surface area (Å²) in [6.45, 7) is 2.50. The van der Waals surface area contributed by atoms with Gasteiger partial charge in [0.1, 0.15) is 5.75 Å². The minimum Gasteiger partial charge on any atom is -0.492 e. The van der Waals surface area contributed by atoms with E-state index in [9.17, 15) is 9.59 Å². The molecule has 0 radical (unpaired) electrons. The predicted octanol–water partition coefficient (Wildman–Crippen LogP) is 4.80. The van der Waals surface area contributed by atoms with Crippen molar-refractivity contribution < 1.29 is 9.15 Å². The second-order valence-corrected chi connectivity index (χ2v) is 7.42. The zero-order chi connectivity index (χ0) is 18.8. The van der Waals surface area contributed by atoms with Crippen molar-refractivity contribution in [1.82, 2.24) is 4.57 Å². The van der Waals surface area contributed by atoms with Crippen LogP contribution in [0.25, 0.3) is 10.9 Å². The van der Waals surface area contributed by atoms with Crippen LogP contribution >= 0.6 is 39.1 Å². The van der Waals surface area contributed by atoms with Crippen LogP contribution < -0.4 is 16.1 Å². The summed E-state index contributed by atoms with van der Waals surface area (Å²) >= 11 is 15.4. The minimum absolute atomic E-state index is 0.316. The Morgan fingerprint density at radius 2 is 1.96 bits per heavy atom. The highest BCUT2D eigenvalue weighted by Crippen LogP contribution is 2.28. The van der Waals surface area contributed by atoms with Crippen LogP contribution in [0.4, 0.5) is 0 Å². The van der Waals surface area contributed by atoms with Crippen LogP contribution in [0.2, 0.25) is 10.0 Å². The number of aryl methyl sites for hydroxylation is 2. The van der Waals surface area contributed by atoms with Crippen molar-refractivity contribution >= 4 is 50.0 Å². The lowest BCUT2D eigenvalue weighted by molar-refractivity contribution is 0.297. The molecule has 0 amide bonds. The van der Waals surface area contributed by atoms with Crippen molar-refractivity contribution in [2.24, 2.45) is 0 Å². The maximum absolute atomic E-state index is 12.2. The Balaban J connectivity index is 1.82. The SMILES string of the molecule is Cc1cc(Br)c2c(c1)c(=O)oc(=O)n2CCCOc1cc(Cl)ccc1Cl. The molecule has 0 atom stereocenters. The molecule has 1 heterocycles. The van der Waals surface area contributed by atoms with E-state index in [-0.39, 0.29) is 0 Å². The van der Waals surface area contributed by atoms with E-state index in [2.05, 4.69) is 15.9 Å². The molecule has 0 spiro atoms. The maximum Gasteiger partial charge on any atom is 0.422 e. The first kappa shape index (κ1) is 19.0. The van der Waals surface area contributed by atoms with E-state index in [1.807, 2.05) is 13.0 Å². The van der Waals surface area contributed by atoms with Gasteiger partial charge in [-0.25, -0.2) is 9.59 Å². The Kier molecular flexibility index (Phi) is 5.75. The quantitative estimate of drug-likeness (QED) is 0.515. The third kappa shape index (κ3) is 3.98. The molecule has 0 fully saturated rings. The van der Waals surface area contributed by atoms with Gasteiger partial charge in [-0.15, -0.1) is 0 Å². The summed E-state index contributed by atoms with van der Waals surface area (Å²) < 4.78 is 12.5.